The number of hydrazine groups is 1. The molecule has 0 fully saturated rings. The first-order valence-corrected chi connectivity index (χ1v) is 11.4. The maximum atomic E-state index is 13.0. The average molecular weight is 462 g/mol. The first kappa shape index (κ1) is 23.5. The van der Waals surface area contributed by atoms with Gasteiger partial charge in [0.25, 0.3) is 5.91 Å². The molecule has 0 unspecified atom stereocenters. The highest BCUT2D eigenvalue weighted by atomic mass is 16.2. The summed E-state index contributed by atoms with van der Waals surface area (Å²) >= 11 is 0. The van der Waals surface area contributed by atoms with Gasteiger partial charge in [-0.2, -0.15) is 0 Å². The van der Waals surface area contributed by atoms with Gasteiger partial charge in [-0.1, -0.05) is 122 Å². The number of carbonyl (C=O) groups excluding carboxylic acids is 2. The molecule has 5 heteroatoms. The van der Waals surface area contributed by atoms with Crippen molar-refractivity contribution in [1.82, 2.24) is 16.2 Å². The third kappa shape index (κ3) is 6.24. The summed E-state index contributed by atoms with van der Waals surface area (Å²) in [6, 6.07) is 37.0. The number of nitrogens with one attached hydrogen (secondary N) is 3. The molecule has 4 aromatic rings. The van der Waals surface area contributed by atoms with E-state index in [-0.39, 0.29) is 18.4 Å². The second-order valence-corrected chi connectivity index (χ2v) is 8.07. The van der Waals surface area contributed by atoms with Crippen molar-refractivity contribution in [3.05, 3.63) is 139 Å². The summed E-state index contributed by atoms with van der Waals surface area (Å²) in [5.41, 5.74) is 10.8. The van der Waals surface area contributed by atoms with E-state index < -0.39 is 5.92 Å². The van der Waals surface area contributed by atoms with E-state index in [0.717, 1.165) is 27.8 Å². The molecule has 4 rings (SSSR count). The van der Waals surface area contributed by atoms with Crippen molar-refractivity contribution in [2.24, 2.45) is 0 Å². The molecule has 174 valence electrons. The second-order valence-electron chi connectivity index (χ2n) is 8.07. The molecule has 0 spiro atoms. The van der Waals surface area contributed by atoms with Crippen molar-refractivity contribution in [2.75, 3.05) is 6.54 Å². The first-order valence-electron chi connectivity index (χ1n) is 11.4. The molecule has 4 aromatic carbocycles. The lowest BCUT2D eigenvalue weighted by atomic mass is 9.90. The van der Waals surface area contributed by atoms with E-state index in [9.17, 15) is 9.59 Å². The maximum absolute atomic E-state index is 13.0. The Morgan fingerprint density at radius 2 is 1.11 bits per heavy atom. The van der Waals surface area contributed by atoms with Crippen LogP contribution in [0.15, 0.2) is 122 Å². The van der Waals surface area contributed by atoms with Crippen molar-refractivity contribution in [3.63, 3.8) is 0 Å². The van der Waals surface area contributed by atoms with Crippen LogP contribution in [0.1, 0.15) is 22.6 Å². The molecule has 0 aliphatic carbocycles. The minimum absolute atomic E-state index is 0.164. The zero-order valence-electron chi connectivity index (χ0n) is 19.3. The van der Waals surface area contributed by atoms with Crippen LogP contribution >= 0.6 is 0 Å². The van der Waals surface area contributed by atoms with Crippen LogP contribution < -0.4 is 16.2 Å². The molecule has 0 aromatic heterocycles. The van der Waals surface area contributed by atoms with Crippen LogP contribution in [0, 0.1) is 0 Å². The van der Waals surface area contributed by atoms with Gasteiger partial charge in [-0.25, -0.2) is 0 Å². The predicted molar refractivity (Wildman–Crippen MR) is 140 cm³/mol. The molecule has 5 nitrogen and oxygen atoms in total. The van der Waals surface area contributed by atoms with Crippen molar-refractivity contribution in [1.29, 1.82) is 0 Å². The Balaban J connectivity index is 1.31. The molecule has 0 aliphatic rings. The fraction of sp³-hybridized carbons (Fsp3) is 0.0667. The van der Waals surface area contributed by atoms with Gasteiger partial charge in [0.05, 0.1) is 18.2 Å². The molecule has 35 heavy (non-hydrogen) atoms. The van der Waals surface area contributed by atoms with E-state index in [4.69, 9.17) is 0 Å². The molecule has 0 radical (unpaired) electrons. The van der Waals surface area contributed by atoms with Crippen LogP contribution in [0.5, 0.6) is 0 Å². The normalized spacial score (nSPS) is 10.4. The lowest BCUT2D eigenvalue weighted by Gasteiger charge is -2.18. The molecular formula is C30H27N3O2. The Morgan fingerprint density at radius 1 is 0.629 bits per heavy atom. The third-order valence-corrected chi connectivity index (χ3v) is 5.64. The number of hydrogen-bond donors (Lipinski definition) is 3. The summed E-state index contributed by atoms with van der Waals surface area (Å²) in [5.74, 6) is -1.12. The monoisotopic (exact) mass is 461 g/mol. The zero-order chi connectivity index (χ0) is 24.5. The van der Waals surface area contributed by atoms with E-state index >= 15 is 0 Å². The van der Waals surface area contributed by atoms with Gasteiger partial charge >= 0.3 is 0 Å². The molecule has 0 heterocycles. The van der Waals surface area contributed by atoms with Crippen LogP contribution in [-0.2, 0) is 9.59 Å². The van der Waals surface area contributed by atoms with E-state index in [1.54, 1.807) is 0 Å². The van der Waals surface area contributed by atoms with E-state index in [2.05, 4.69) is 34.9 Å². The third-order valence-electron chi connectivity index (χ3n) is 5.64. The highest BCUT2D eigenvalue weighted by Crippen LogP contribution is 2.24. The highest BCUT2D eigenvalue weighted by molar-refractivity contribution is 5.90. The quantitative estimate of drug-likeness (QED) is 0.311. The fourth-order valence-electron chi connectivity index (χ4n) is 3.81. The van der Waals surface area contributed by atoms with Gasteiger partial charge in [-0.05, 0) is 27.8 Å². The summed E-state index contributed by atoms with van der Waals surface area (Å²) in [4.78, 5) is 25.4. The number of benzene rings is 4. The lowest BCUT2D eigenvalue weighted by molar-refractivity contribution is -0.126. The number of rotatable bonds is 9. The minimum atomic E-state index is -0.503. The van der Waals surface area contributed by atoms with Crippen molar-refractivity contribution in [3.8, 4) is 11.1 Å². The highest BCUT2D eigenvalue weighted by Gasteiger charge is 2.22. The second kappa shape index (κ2) is 11.5. The van der Waals surface area contributed by atoms with Crippen LogP contribution in [-0.4, -0.2) is 18.4 Å². The summed E-state index contributed by atoms with van der Waals surface area (Å²) < 4.78 is 0. The van der Waals surface area contributed by atoms with Crippen LogP contribution in [0.25, 0.3) is 16.8 Å². The topological polar surface area (TPSA) is 70.2 Å². The molecule has 0 bridgehead atoms. The first-order chi connectivity index (χ1) is 17.1. The van der Waals surface area contributed by atoms with Crippen LogP contribution in [0.2, 0.25) is 0 Å². The van der Waals surface area contributed by atoms with Crippen molar-refractivity contribution < 1.29 is 9.59 Å². The number of amides is 2. The lowest BCUT2D eigenvalue weighted by Crippen LogP contribution is -2.44. The predicted octanol–water partition coefficient (Wildman–Crippen LogP) is 4.89. The molecule has 0 saturated heterocycles. The van der Waals surface area contributed by atoms with Crippen molar-refractivity contribution >= 4 is 17.5 Å². The zero-order valence-corrected chi connectivity index (χ0v) is 19.3. The van der Waals surface area contributed by atoms with Gasteiger partial charge in [-0.15, -0.1) is 0 Å². The molecule has 0 aliphatic heterocycles. The summed E-state index contributed by atoms with van der Waals surface area (Å²) in [7, 11) is 0. The Morgan fingerprint density at radius 3 is 1.66 bits per heavy atom. The molecule has 0 atom stereocenters. The Hall–Kier alpha value is -4.64. The Kier molecular flexibility index (Phi) is 7.71. The average Bonchev–Trinajstić information content (AvgIpc) is 2.92. The summed E-state index contributed by atoms with van der Waals surface area (Å²) in [5, 5.41) is 2.75. The Labute approximate surface area is 205 Å². The van der Waals surface area contributed by atoms with Crippen molar-refractivity contribution in [2.45, 2.75) is 5.92 Å². The van der Waals surface area contributed by atoms with Gasteiger partial charge in [-0.3, -0.25) is 20.4 Å². The standard InChI is InChI=1S/C30H27N3O2/c1-22(23-17-19-25(20-18-23)24-11-5-2-6-12-24)32-33-28(34)21-31-30(35)29(26-13-7-3-8-14-26)27-15-9-4-10-16-27/h2-20,29,32H,1,21H2,(H,31,35)(H,33,34). The van der Waals surface area contributed by atoms with Crippen LogP contribution in [0.4, 0.5) is 0 Å². The fourth-order valence-corrected chi connectivity index (χ4v) is 3.81. The van der Waals surface area contributed by atoms with E-state index in [0.29, 0.717) is 5.70 Å². The van der Waals surface area contributed by atoms with Gasteiger partial charge in [0.1, 0.15) is 0 Å². The van der Waals surface area contributed by atoms with Gasteiger partial charge < -0.3 is 5.32 Å². The Bertz CT molecular complexity index is 1230. The van der Waals surface area contributed by atoms with E-state index in [1.807, 2.05) is 103 Å². The smallest absolute Gasteiger partial charge is 0.257 e. The molecular weight excluding hydrogens is 434 g/mol. The van der Waals surface area contributed by atoms with E-state index in [1.165, 1.54) is 0 Å². The maximum Gasteiger partial charge on any atom is 0.257 e. The minimum Gasteiger partial charge on any atom is -0.346 e. The largest absolute Gasteiger partial charge is 0.346 e. The number of hydrogen-bond acceptors (Lipinski definition) is 3. The molecule has 0 saturated carbocycles. The number of carbonyl (C=O) groups is 2. The van der Waals surface area contributed by atoms with Crippen LogP contribution in [0.3, 0.4) is 0 Å². The van der Waals surface area contributed by atoms with Gasteiger partial charge in [0.2, 0.25) is 5.91 Å². The summed E-state index contributed by atoms with van der Waals surface area (Å²) in [6.45, 7) is 3.82. The SMILES string of the molecule is C=C(NNC(=O)CNC(=O)C(c1ccccc1)c1ccccc1)c1ccc(-c2ccccc2)cc1. The van der Waals surface area contributed by atoms with Gasteiger partial charge in [0.15, 0.2) is 0 Å². The molecule has 2 amide bonds. The summed E-state index contributed by atoms with van der Waals surface area (Å²) in [6.07, 6.45) is 0. The molecule has 3 N–H and O–H groups in total. The van der Waals surface area contributed by atoms with Gasteiger partial charge in [0, 0.05) is 0 Å².